The van der Waals surface area contributed by atoms with Crippen LogP contribution < -0.4 is 11.1 Å². The molecule has 7 heteroatoms. The SMILES string of the molecule is COCCNC(=O)C[C@@H]1C[C@H]2O[C@H](CN)[C@@H](O)[C@H]2O1. The Hall–Kier alpha value is -0.730. The number of ether oxygens (including phenoxy) is 3. The Bertz CT molecular complexity index is 314. The molecule has 4 N–H and O–H groups in total. The monoisotopic (exact) mass is 274 g/mol. The van der Waals surface area contributed by atoms with Crippen molar-refractivity contribution in [3.63, 3.8) is 0 Å². The minimum Gasteiger partial charge on any atom is -0.388 e. The third kappa shape index (κ3) is 3.43. The number of amides is 1. The summed E-state index contributed by atoms with van der Waals surface area (Å²) < 4.78 is 16.1. The van der Waals surface area contributed by atoms with E-state index in [0.29, 0.717) is 19.6 Å². The van der Waals surface area contributed by atoms with Gasteiger partial charge in [0.25, 0.3) is 0 Å². The van der Waals surface area contributed by atoms with E-state index in [-0.39, 0.29) is 43.3 Å². The molecule has 0 aromatic rings. The van der Waals surface area contributed by atoms with Crippen molar-refractivity contribution in [3.05, 3.63) is 0 Å². The van der Waals surface area contributed by atoms with E-state index in [2.05, 4.69) is 5.32 Å². The number of hydrogen-bond acceptors (Lipinski definition) is 6. The Morgan fingerprint density at radius 3 is 2.95 bits per heavy atom. The lowest BCUT2D eigenvalue weighted by Gasteiger charge is -2.18. The Kier molecular flexibility index (Phi) is 5.12. The second kappa shape index (κ2) is 6.62. The molecule has 2 fully saturated rings. The van der Waals surface area contributed by atoms with E-state index in [1.165, 1.54) is 0 Å². The smallest absolute Gasteiger partial charge is 0.222 e. The molecule has 0 saturated carbocycles. The molecule has 0 unspecified atom stereocenters. The number of carbonyl (C=O) groups is 1. The van der Waals surface area contributed by atoms with Crippen LogP contribution in [-0.2, 0) is 19.0 Å². The topological polar surface area (TPSA) is 103 Å². The van der Waals surface area contributed by atoms with E-state index in [1.807, 2.05) is 0 Å². The lowest BCUT2D eigenvalue weighted by atomic mass is 10.1. The van der Waals surface area contributed by atoms with Gasteiger partial charge in [-0.15, -0.1) is 0 Å². The number of aliphatic hydroxyl groups excluding tert-OH is 1. The Labute approximate surface area is 112 Å². The third-order valence-electron chi connectivity index (χ3n) is 3.55. The molecular weight excluding hydrogens is 252 g/mol. The van der Waals surface area contributed by atoms with E-state index < -0.39 is 6.10 Å². The first kappa shape index (κ1) is 14.7. The normalized spacial score (nSPS) is 37.3. The van der Waals surface area contributed by atoms with Gasteiger partial charge in [0.1, 0.15) is 12.2 Å². The highest BCUT2D eigenvalue weighted by Crippen LogP contribution is 2.35. The zero-order valence-electron chi connectivity index (χ0n) is 11.1. The standard InChI is InChI=1S/C12H22N2O5/c1-17-3-2-14-10(15)5-7-4-8-12(18-7)11(16)9(6-13)19-8/h7-9,11-12,16H,2-6,13H2,1H3,(H,14,15)/t7-,8+,9+,11+,12-/m0/s1. The number of carbonyl (C=O) groups excluding carboxylic acids is 1. The van der Waals surface area contributed by atoms with Crippen LogP contribution in [0.5, 0.6) is 0 Å². The minimum absolute atomic E-state index is 0.0770. The molecule has 110 valence electrons. The summed E-state index contributed by atoms with van der Waals surface area (Å²) in [6, 6.07) is 0. The number of rotatable bonds is 6. The Morgan fingerprint density at radius 1 is 1.53 bits per heavy atom. The van der Waals surface area contributed by atoms with Crippen LogP contribution >= 0.6 is 0 Å². The van der Waals surface area contributed by atoms with Gasteiger partial charge >= 0.3 is 0 Å². The minimum atomic E-state index is -0.698. The summed E-state index contributed by atoms with van der Waals surface area (Å²) in [7, 11) is 1.58. The van der Waals surface area contributed by atoms with Gasteiger partial charge in [-0.3, -0.25) is 4.79 Å². The lowest BCUT2D eigenvalue weighted by molar-refractivity contribution is -0.124. The molecule has 0 aliphatic carbocycles. The van der Waals surface area contributed by atoms with Crippen molar-refractivity contribution >= 4 is 5.91 Å². The van der Waals surface area contributed by atoms with Crippen LogP contribution in [0.25, 0.3) is 0 Å². The van der Waals surface area contributed by atoms with E-state index in [4.69, 9.17) is 19.9 Å². The van der Waals surface area contributed by atoms with Crippen molar-refractivity contribution in [1.82, 2.24) is 5.32 Å². The fraction of sp³-hybridized carbons (Fsp3) is 0.917. The highest BCUT2D eigenvalue weighted by molar-refractivity contribution is 5.76. The van der Waals surface area contributed by atoms with Crippen molar-refractivity contribution in [2.45, 2.75) is 43.4 Å². The first-order valence-corrected chi connectivity index (χ1v) is 6.60. The van der Waals surface area contributed by atoms with Gasteiger partial charge in [0, 0.05) is 26.6 Å². The molecule has 19 heavy (non-hydrogen) atoms. The molecule has 0 bridgehead atoms. The number of methoxy groups -OCH3 is 1. The molecule has 0 radical (unpaired) electrons. The maximum atomic E-state index is 11.6. The van der Waals surface area contributed by atoms with Crippen molar-refractivity contribution in [2.75, 3.05) is 26.8 Å². The molecule has 1 amide bonds. The van der Waals surface area contributed by atoms with Gasteiger partial charge in [-0.1, -0.05) is 0 Å². The number of fused-ring (bicyclic) bond motifs is 1. The maximum Gasteiger partial charge on any atom is 0.222 e. The third-order valence-corrected chi connectivity index (χ3v) is 3.55. The molecule has 0 aromatic carbocycles. The second-order valence-corrected chi connectivity index (χ2v) is 4.94. The molecule has 2 aliphatic rings. The number of nitrogens with two attached hydrogens (primary N) is 1. The largest absolute Gasteiger partial charge is 0.388 e. The average Bonchev–Trinajstić information content (AvgIpc) is 2.89. The van der Waals surface area contributed by atoms with Gasteiger partial charge in [0.15, 0.2) is 0 Å². The summed E-state index contributed by atoms with van der Waals surface area (Å²) in [5, 5.41) is 12.7. The van der Waals surface area contributed by atoms with Crippen molar-refractivity contribution in [3.8, 4) is 0 Å². The van der Waals surface area contributed by atoms with Crippen molar-refractivity contribution in [1.29, 1.82) is 0 Å². The molecule has 2 aliphatic heterocycles. The van der Waals surface area contributed by atoms with Crippen molar-refractivity contribution < 1.29 is 24.1 Å². The highest BCUT2D eigenvalue weighted by atomic mass is 16.6. The van der Waals surface area contributed by atoms with E-state index in [9.17, 15) is 9.90 Å². The summed E-state index contributed by atoms with van der Waals surface area (Å²) >= 11 is 0. The van der Waals surface area contributed by atoms with Gasteiger partial charge < -0.3 is 30.4 Å². The second-order valence-electron chi connectivity index (χ2n) is 4.94. The predicted molar refractivity (Wildman–Crippen MR) is 66.5 cm³/mol. The predicted octanol–water partition coefficient (Wildman–Crippen LogP) is -1.62. The quantitative estimate of drug-likeness (QED) is 0.503. The van der Waals surface area contributed by atoms with Crippen LogP contribution in [0.2, 0.25) is 0 Å². The van der Waals surface area contributed by atoms with Crippen LogP contribution in [0.1, 0.15) is 12.8 Å². The fourth-order valence-corrected chi connectivity index (χ4v) is 2.61. The average molecular weight is 274 g/mol. The van der Waals surface area contributed by atoms with Crippen molar-refractivity contribution in [2.24, 2.45) is 5.73 Å². The number of nitrogens with one attached hydrogen (secondary N) is 1. The molecule has 2 rings (SSSR count). The Balaban J connectivity index is 1.73. The zero-order chi connectivity index (χ0) is 13.8. The van der Waals surface area contributed by atoms with E-state index in [1.54, 1.807) is 7.11 Å². The van der Waals surface area contributed by atoms with Gasteiger partial charge in [-0.05, 0) is 0 Å². The molecule has 0 aromatic heterocycles. The van der Waals surface area contributed by atoms with Gasteiger partial charge in [0.05, 0.1) is 31.3 Å². The van der Waals surface area contributed by atoms with E-state index >= 15 is 0 Å². The summed E-state index contributed by atoms with van der Waals surface area (Å²) in [5.74, 6) is -0.0770. The lowest BCUT2D eigenvalue weighted by Crippen LogP contribution is -2.37. The molecule has 0 spiro atoms. The zero-order valence-corrected chi connectivity index (χ0v) is 11.1. The molecule has 2 saturated heterocycles. The van der Waals surface area contributed by atoms with Crippen LogP contribution in [0.3, 0.4) is 0 Å². The molecule has 2 heterocycles. The molecular formula is C12H22N2O5. The van der Waals surface area contributed by atoms with Gasteiger partial charge in [-0.2, -0.15) is 0 Å². The van der Waals surface area contributed by atoms with Crippen LogP contribution in [-0.4, -0.2) is 68.3 Å². The maximum absolute atomic E-state index is 11.6. The van der Waals surface area contributed by atoms with Gasteiger partial charge in [-0.25, -0.2) is 0 Å². The van der Waals surface area contributed by atoms with Crippen LogP contribution in [0, 0.1) is 0 Å². The van der Waals surface area contributed by atoms with Crippen LogP contribution in [0.4, 0.5) is 0 Å². The van der Waals surface area contributed by atoms with Gasteiger partial charge in [0.2, 0.25) is 5.91 Å². The summed E-state index contributed by atoms with van der Waals surface area (Å²) in [4.78, 5) is 11.6. The summed E-state index contributed by atoms with van der Waals surface area (Å²) in [5.41, 5.74) is 5.49. The number of aliphatic hydroxyl groups is 1. The molecule has 7 nitrogen and oxygen atoms in total. The highest BCUT2D eigenvalue weighted by Gasteiger charge is 2.50. The summed E-state index contributed by atoms with van der Waals surface area (Å²) in [6.07, 6.45) is -0.865. The fourth-order valence-electron chi connectivity index (χ4n) is 2.61. The first-order valence-electron chi connectivity index (χ1n) is 6.60. The number of hydrogen-bond donors (Lipinski definition) is 3. The van der Waals surface area contributed by atoms with Crippen LogP contribution in [0.15, 0.2) is 0 Å². The van der Waals surface area contributed by atoms with E-state index in [0.717, 1.165) is 0 Å². The summed E-state index contributed by atoms with van der Waals surface area (Å²) in [6.45, 7) is 1.26. The Morgan fingerprint density at radius 2 is 2.32 bits per heavy atom. The first-order chi connectivity index (χ1) is 9.15. The molecule has 5 atom stereocenters.